The van der Waals surface area contributed by atoms with Crippen LogP contribution >= 0.6 is 0 Å². The molecule has 1 aliphatic carbocycles. The quantitative estimate of drug-likeness (QED) is 0.534. The number of Topliss-reactive ketones (excluding diaryl/α,β-unsaturated/α-hetero) is 1. The zero-order valence-electron chi connectivity index (χ0n) is 20.4. The van der Waals surface area contributed by atoms with Crippen LogP contribution in [0.2, 0.25) is 0 Å². The number of aromatic hydroxyl groups is 1. The highest BCUT2D eigenvalue weighted by Gasteiger charge is 2.59. The van der Waals surface area contributed by atoms with Crippen molar-refractivity contribution in [3.05, 3.63) is 63.1 Å². The lowest BCUT2D eigenvalue weighted by molar-refractivity contribution is -0.152. The van der Waals surface area contributed by atoms with Crippen LogP contribution in [0.3, 0.4) is 0 Å². The summed E-state index contributed by atoms with van der Waals surface area (Å²) in [6.45, 7) is 2.57. The molecule has 36 heavy (non-hydrogen) atoms. The fraction of sp³-hybridized carbons (Fsp3) is 0.500. The molecule has 2 aliphatic rings. The molecular weight excluding hydrogens is 474 g/mol. The van der Waals surface area contributed by atoms with Crippen LogP contribution in [0.15, 0.2) is 29.2 Å². The predicted molar refractivity (Wildman–Crippen MR) is 126 cm³/mol. The standard InChI is InChI=1S/C26H30F2N2O6/c1-25-8-3-4-9-26(25,36-11-5-10-35-2)15-30-14-18(21(31)22(32)20(30)23(25)33)24(34)29-13-16-6-7-17(27)12-19(16)28/h6-7,12,14,32H,3-5,8-11,13,15H2,1-2H3,(H,29,34)/t25-,26-/m0/s1. The van der Waals surface area contributed by atoms with Gasteiger partial charge in [0.2, 0.25) is 5.43 Å². The van der Waals surface area contributed by atoms with Crippen LogP contribution in [0.1, 0.15) is 65.4 Å². The number of nitrogens with one attached hydrogen (secondary N) is 1. The second kappa shape index (κ2) is 10.1. The highest BCUT2D eigenvalue weighted by Crippen LogP contribution is 2.52. The van der Waals surface area contributed by atoms with Crippen LogP contribution in [-0.2, 0) is 22.6 Å². The van der Waals surface area contributed by atoms with Gasteiger partial charge in [-0.1, -0.05) is 18.9 Å². The van der Waals surface area contributed by atoms with Gasteiger partial charge in [0.15, 0.2) is 11.5 Å². The summed E-state index contributed by atoms with van der Waals surface area (Å²) in [5.74, 6) is -3.63. The highest BCUT2D eigenvalue weighted by molar-refractivity contribution is 6.04. The Balaban J connectivity index is 1.66. The molecule has 4 rings (SSSR count). The van der Waals surface area contributed by atoms with Gasteiger partial charge in [-0.15, -0.1) is 0 Å². The molecule has 1 aromatic carbocycles. The first kappa shape index (κ1) is 26.0. The van der Waals surface area contributed by atoms with Crippen molar-refractivity contribution < 1.29 is 33.0 Å². The number of pyridine rings is 1. The first-order valence-corrected chi connectivity index (χ1v) is 12.0. The molecule has 194 valence electrons. The van der Waals surface area contributed by atoms with E-state index in [1.165, 1.54) is 16.8 Å². The normalized spacial score (nSPS) is 23.2. The van der Waals surface area contributed by atoms with Gasteiger partial charge in [0.05, 0.1) is 17.6 Å². The number of hydrogen-bond acceptors (Lipinski definition) is 6. The van der Waals surface area contributed by atoms with Crippen molar-refractivity contribution in [2.75, 3.05) is 20.3 Å². The van der Waals surface area contributed by atoms with E-state index in [0.717, 1.165) is 18.9 Å². The molecule has 0 radical (unpaired) electrons. The number of carbonyl (C=O) groups excluding carboxylic acids is 2. The number of ketones is 1. The van der Waals surface area contributed by atoms with Gasteiger partial charge in [0.25, 0.3) is 5.91 Å². The lowest BCUT2D eigenvalue weighted by Crippen LogP contribution is -2.61. The third-order valence-electron chi connectivity index (χ3n) is 7.48. The molecule has 1 amide bonds. The molecule has 0 bridgehead atoms. The molecule has 2 atom stereocenters. The molecular formula is C26H30F2N2O6. The van der Waals surface area contributed by atoms with E-state index in [4.69, 9.17) is 9.47 Å². The summed E-state index contributed by atoms with van der Waals surface area (Å²) >= 11 is 0. The lowest BCUT2D eigenvalue weighted by Gasteiger charge is -2.53. The van der Waals surface area contributed by atoms with Crippen LogP contribution in [0.5, 0.6) is 5.75 Å². The van der Waals surface area contributed by atoms with Gasteiger partial charge in [0.1, 0.15) is 22.9 Å². The average molecular weight is 505 g/mol. The second-order valence-corrected chi connectivity index (χ2v) is 9.67. The fourth-order valence-electron chi connectivity index (χ4n) is 5.36. The second-order valence-electron chi connectivity index (χ2n) is 9.67. The Morgan fingerprint density at radius 2 is 1.94 bits per heavy atom. The summed E-state index contributed by atoms with van der Waals surface area (Å²) < 4.78 is 40.0. The number of benzene rings is 1. The smallest absolute Gasteiger partial charge is 0.257 e. The maximum absolute atomic E-state index is 13.9. The van der Waals surface area contributed by atoms with Gasteiger partial charge in [-0.05, 0) is 32.3 Å². The summed E-state index contributed by atoms with van der Waals surface area (Å²) in [4.78, 5) is 39.4. The topological polar surface area (TPSA) is 107 Å². The molecule has 2 aromatic rings. The van der Waals surface area contributed by atoms with E-state index in [-0.39, 0.29) is 29.9 Å². The van der Waals surface area contributed by atoms with Crippen molar-refractivity contribution in [3.8, 4) is 5.75 Å². The number of hydrogen-bond donors (Lipinski definition) is 2. The van der Waals surface area contributed by atoms with Crippen molar-refractivity contribution in [1.29, 1.82) is 0 Å². The molecule has 1 aromatic heterocycles. The van der Waals surface area contributed by atoms with Gasteiger partial charge in [-0.2, -0.15) is 0 Å². The third kappa shape index (κ3) is 4.43. The van der Waals surface area contributed by atoms with E-state index in [1.807, 2.05) is 6.92 Å². The Kier molecular flexibility index (Phi) is 7.28. The molecule has 1 aliphatic heterocycles. The van der Waals surface area contributed by atoms with Gasteiger partial charge in [-0.25, -0.2) is 8.78 Å². The van der Waals surface area contributed by atoms with Crippen molar-refractivity contribution in [2.24, 2.45) is 5.41 Å². The zero-order chi connectivity index (χ0) is 26.1. The largest absolute Gasteiger partial charge is 0.503 e. The molecule has 1 saturated carbocycles. The number of methoxy groups -OCH3 is 1. The van der Waals surface area contributed by atoms with E-state index in [1.54, 1.807) is 7.11 Å². The first-order valence-electron chi connectivity index (χ1n) is 12.0. The number of halogens is 2. The van der Waals surface area contributed by atoms with Crippen LogP contribution in [-0.4, -0.2) is 47.3 Å². The Morgan fingerprint density at radius 1 is 1.19 bits per heavy atom. The van der Waals surface area contributed by atoms with E-state index in [9.17, 15) is 28.3 Å². The van der Waals surface area contributed by atoms with Gasteiger partial charge in [-0.3, -0.25) is 14.4 Å². The summed E-state index contributed by atoms with van der Waals surface area (Å²) in [6.07, 6.45) is 4.72. The van der Waals surface area contributed by atoms with Crippen molar-refractivity contribution in [2.45, 2.75) is 57.7 Å². The summed E-state index contributed by atoms with van der Waals surface area (Å²) in [6, 6.07) is 2.94. The monoisotopic (exact) mass is 504 g/mol. The van der Waals surface area contributed by atoms with E-state index in [2.05, 4.69) is 5.32 Å². The Labute approximate surface area is 207 Å². The average Bonchev–Trinajstić information content (AvgIpc) is 2.84. The number of rotatable bonds is 8. The zero-order valence-corrected chi connectivity index (χ0v) is 20.4. The van der Waals surface area contributed by atoms with Crippen molar-refractivity contribution >= 4 is 11.7 Å². The van der Waals surface area contributed by atoms with E-state index < -0.39 is 45.5 Å². The number of nitrogens with zero attached hydrogens (tertiary/aromatic N) is 1. The molecule has 1 fully saturated rings. The number of carbonyl (C=O) groups is 2. The molecule has 2 N–H and O–H groups in total. The number of ether oxygens (including phenoxy) is 2. The van der Waals surface area contributed by atoms with Crippen molar-refractivity contribution in [1.82, 2.24) is 9.88 Å². The number of fused-ring (bicyclic) bond motifs is 2. The minimum Gasteiger partial charge on any atom is -0.503 e. The molecule has 0 saturated heterocycles. The third-order valence-corrected chi connectivity index (χ3v) is 7.48. The Bertz CT molecular complexity index is 1250. The Hall–Kier alpha value is -3.11. The minimum absolute atomic E-state index is 0.0311. The molecule has 10 heteroatoms. The fourth-order valence-corrected chi connectivity index (χ4v) is 5.36. The first-order chi connectivity index (χ1) is 17.1. The van der Waals surface area contributed by atoms with Gasteiger partial charge < -0.3 is 24.5 Å². The lowest BCUT2D eigenvalue weighted by atomic mass is 9.59. The number of aromatic nitrogens is 1. The van der Waals surface area contributed by atoms with Crippen LogP contribution in [0, 0.1) is 17.0 Å². The van der Waals surface area contributed by atoms with Crippen molar-refractivity contribution in [3.63, 3.8) is 0 Å². The molecule has 2 heterocycles. The van der Waals surface area contributed by atoms with E-state index >= 15 is 0 Å². The van der Waals surface area contributed by atoms with Crippen LogP contribution < -0.4 is 10.7 Å². The predicted octanol–water partition coefficient (Wildman–Crippen LogP) is 3.33. The highest BCUT2D eigenvalue weighted by atomic mass is 19.1. The summed E-state index contributed by atoms with van der Waals surface area (Å²) in [5, 5.41) is 13.2. The van der Waals surface area contributed by atoms with Gasteiger partial charge >= 0.3 is 0 Å². The maximum Gasteiger partial charge on any atom is 0.257 e. The maximum atomic E-state index is 13.9. The Morgan fingerprint density at radius 3 is 2.67 bits per heavy atom. The number of amides is 1. The SMILES string of the molecule is COCCCO[C@]12CCCC[C@@]1(C)C(=O)c1c(O)c(=O)c(C(=O)NCc3ccc(F)cc3F)cn1C2. The minimum atomic E-state index is -0.986. The molecule has 8 nitrogen and oxygen atoms in total. The van der Waals surface area contributed by atoms with Crippen LogP contribution in [0.25, 0.3) is 0 Å². The molecule has 0 unspecified atom stereocenters. The summed E-state index contributed by atoms with van der Waals surface area (Å²) in [5.41, 5.74) is -3.29. The van der Waals surface area contributed by atoms with Crippen LogP contribution in [0.4, 0.5) is 8.78 Å². The van der Waals surface area contributed by atoms with E-state index in [0.29, 0.717) is 38.5 Å². The molecule has 0 spiro atoms. The van der Waals surface area contributed by atoms with Gasteiger partial charge in [0, 0.05) is 44.7 Å². The summed E-state index contributed by atoms with van der Waals surface area (Å²) in [7, 11) is 1.60.